The van der Waals surface area contributed by atoms with Crippen molar-refractivity contribution in [3.63, 3.8) is 0 Å². The molecule has 0 aromatic heterocycles. The van der Waals surface area contributed by atoms with E-state index in [-0.39, 0.29) is 0 Å². The van der Waals surface area contributed by atoms with E-state index in [9.17, 15) is 0 Å². The molecular formula is C10H18. The minimum Gasteiger partial charge on any atom is -0.0885 e. The summed E-state index contributed by atoms with van der Waals surface area (Å²) in [6.07, 6.45) is 11.4. The van der Waals surface area contributed by atoms with Crippen LogP contribution in [0.1, 0.15) is 46.0 Å². The zero-order chi connectivity index (χ0) is 7.45. The maximum absolute atomic E-state index is 2.36. The lowest BCUT2D eigenvalue weighted by atomic mass is 9.73. The Bertz CT molecular complexity index is 118. The Kier molecular flexibility index (Phi) is 2.53. The van der Waals surface area contributed by atoms with Gasteiger partial charge in [0.15, 0.2) is 0 Å². The predicted octanol–water partition coefficient (Wildman–Crippen LogP) is 3.53. The Morgan fingerprint density at radius 2 is 1.90 bits per heavy atom. The van der Waals surface area contributed by atoms with Crippen molar-refractivity contribution in [2.75, 3.05) is 0 Å². The van der Waals surface area contributed by atoms with Gasteiger partial charge in [0.25, 0.3) is 0 Å². The Hall–Kier alpha value is -0.260. The van der Waals surface area contributed by atoms with Crippen LogP contribution in [0.2, 0.25) is 0 Å². The quantitative estimate of drug-likeness (QED) is 0.512. The second-order valence-electron chi connectivity index (χ2n) is 3.42. The molecule has 0 fully saturated rings. The van der Waals surface area contributed by atoms with E-state index in [1.165, 1.54) is 32.1 Å². The normalized spacial score (nSPS) is 23.0. The van der Waals surface area contributed by atoms with Crippen LogP contribution in [0.3, 0.4) is 0 Å². The molecule has 1 aliphatic carbocycles. The van der Waals surface area contributed by atoms with Gasteiger partial charge < -0.3 is 0 Å². The first-order valence-electron chi connectivity index (χ1n) is 4.48. The molecule has 0 saturated heterocycles. The molecule has 0 amide bonds. The van der Waals surface area contributed by atoms with Crippen LogP contribution >= 0.6 is 0 Å². The van der Waals surface area contributed by atoms with Crippen molar-refractivity contribution in [2.24, 2.45) is 5.41 Å². The molecule has 1 rings (SSSR count). The summed E-state index contributed by atoms with van der Waals surface area (Å²) in [5.74, 6) is 0. The summed E-state index contributed by atoms with van der Waals surface area (Å²) in [6.45, 7) is 4.64. The van der Waals surface area contributed by atoms with Crippen molar-refractivity contribution in [1.29, 1.82) is 0 Å². The van der Waals surface area contributed by atoms with Crippen molar-refractivity contribution >= 4 is 0 Å². The first kappa shape index (κ1) is 7.84. The van der Waals surface area contributed by atoms with E-state index >= 15 is 0 Å². The molecule has 0 radical (unpaired) electrons. The molecule has 0 atom stereocenters. The van der Waals surface area contributed by atoms with Crippen LogP contribution in [-0.4, -0.2) is 0 Å². The van der Waals surface area contributed by atoms with Crippen LogP contribution in [-0.2, 0) is 0 Å². The zero-order valence-corrected chi connectivity index (χ0v) is 7.19. The number of hydrogen-bond donors (Lipinski definition) is 0. The standard InChI is InChI=1S/C10H18/c1-3-10(4-2)8-6-5-7-9-10/h5-6H,3-4,7-9H2,1-2H3. The molecule has 0 aromatic carbocycles. The monoisotopic (exact) mass is 138 g/mol. The van der Waals surface area contributed by atoms with Gasteiger partial charge in [0, 0.05) is 0 Å². The molecule has 0 unspecified atom stereocenters. The minimum absolute atomic E-state index is 0.675. The lowest BCUT2D eigenvalue weighted by Gasteiger charge is -2.32. The number of rotatable bonds is 2. The summed E-state index contributed by atoms with van der Waals surface area (Å²) >= 11 is 0. The Morgan fingerprint density at radius 3 is 2.20 bits per heavy atom. The third-order valence-corrected chi connectivity index (χ3v) is 3.06. The first-order valence-corrected chi connectivity index (χ1v) is 4.48. The second-order valence-corrected chi connectivity index (χ2v) is 3.42. The molecule has 0 nitrogen and oxygen atoms in total. The summed E-state index contributed by atoms with van der Waals surface area (Å²) in [7, 11) is 0. The SMILES string of the molecule is CCC1(CC)CC=CCC1. The number of allylic oxidation sites excluding steroid dienone is 2. The molecule has 10 heavy (non-hydrogen) atoms. The van der Waals surface area contributed by atoms with Gasteiger partial charge >= 0.3 is 0 Å². The third-order valence-electron chi connectivity index (χ3n) is 3.06. The Balaban J connectivity index is 2.55. The van der Waals surface area contributed by atoms with E-state index < -0.39 is 0 Å². The Labute approximate surface area is 64.3 Å². The van der Waals surface area contributed by atoms with E-state index in [2.05, 4.69) is 26.0 Å². The summed E-state index contributed by atoms with van der Waals surface area (Å²) in [4.78, 5) is 0. The highest BCUT2D eigenvalue weighted by atomic mass is 14.3. The van der Waals surface area contributed by atoms with Crippen molar-refractivity contribution in [3.8, 4) is 0 Å². The fourth-order valence-electron chi connectivity index (χ4n) is 1.83. The molecule has 0 bridgehead atoms. The Morgan fingerprint density at radius 1 is 1.20 bits per heavy atom. The molecule has 0 N–H and O–H groups in total. The zero-order valence-electron chi connectivity index (χ0n) is 7.19. The second kappa shape index (κ2) is 3.23. The van der Waals surface area contributed by atoms with Gasteiger partial charge in [0.1, 0.15) is 0 Å². The highest BCUT2D eigenvalue weighted by molar-refractivity contribution is 4.96. The largest absolute Gasteiger partial charge is 0.0885 e. The molecule has 0 heterocycles. The molecule has 0 spiro atoms. The summed E-state index contributed by atoms with van der Waals surface area (Å²) in [6, 6.07) is 0. The van der Waals surface area contributed by atoms with Crippen molar-refractivity contribution in [1.82, 2.24) is 0 Å². The highest BCUT2D eigenvalue weighted by Gasteiger charge is 2.25. The van der Waals surface area contributed by atoms with Crippen molar-refractivity contribution in [2.45, 2.75) is 46.0 Å². The van der Waals surface area contributed by atoms with Gasteiger partial charge in [-0.05, 0) is 24.7 Å². The smallest absolute Gasteiger partial charge is 0.0265 e. The van der Waals surface area contributed by atoms with E-state index in [0.29, 0.717) is 5.41 Å². The van der Waals surface area contributed by atoms with E-state index in [1.807, 2.05) is 0 Å². The molecule has 1 aliphatic rings. The summed E-state index contributed by atoms with van der Waals surface area (Å²) in [5, 5.41) is 0. The molecule has 58 valence electrons. The van der Waals surface area contributed by atoms with Gasteiger partial charge in [-0.3, -0.25) is 0 Å². The van der Waals surface area contributed by atoms with E-state index in [0.717, 1.165) is 0 Å². The molecule has 0 aromatic rings. The van der Waals surface area contributed by atoms with Crippen molar-refractivity contribution < 1.29 is 0 Å². The van der Waals surface area contributed by atoms with Gasteiger partial charge in [0.05, 0.1) is 0 Å². The maximum Gasteiger partial charge on any atom is -0.0265 e. The topological polar surface area (TPSA) is 0 Å². The lowest BCUT2D eigenvalue weighted by Crippen LogP contribution is -2.19. The average molecular weight is 138 g/mol. The van der Waals surface area contributed by atoms with Gasteiger partial charge in [-0.1, -0.05) is 38.8 Å². The lowest BCUT2D eigenvalue weighted by molar-refractivity contribution is 0.236. The predicted molar refractivity (Wildman–Crippen MR) is 46.0 cm³/mol. The summed E-state index contributed by atoms with van der Waals surface area (Å²) in [5.41, 5.74) is 0.675. The van der Waals surface area contributed by atoms with Crippen molar-refractivity contribution in [3.05, 3.63) is 12.2 Å². The molecule has 0 aliphatic heterocycles. The van der Waals surface area contributed by atoms with Crippen LogP contribution in [0.4, 0.5) is 0 Å². The van der Waals surface area contributed by atoms with Crippen LogP contribution in [0.5, 0.6) is 0 Å². The highest BCUT2D eigenvalue weighted by Crippen LogP contribution is 2.38. The third kappa shape index (κ3) is 1.42. The molecular weight excluding hydrogens is 120 g/mol. The van der Waals surface area contributed by atoms with E-state index in [1.54, 1.807) is 0 Å². The van der Waals surface area contributed by atoms with Crippen LogP contribution in [0.25, 0.3) is 0 Å². The van der Waals surface area contributed by atoms with Gasteiger partial charge in [0.2, 0.25) is 0 Å². The van der Waals surface area contributed by atoms with Gasteiger partial charge in [-0.15, -0.1) is 0 Å². The average Bonchev–Trinajstić information content (AvgIpc) is 2.06. The summed E-state index contributed by atoms with van der Waals surface area (Å²) < 4.78 is 0. The van der Waals surface area contributed by atoms with Crippen LogP contribution in [0.15, 0.2) is 12.2 Å². The fourth-order valence-corrected chi connectivity index (χ4v) is 1.83. The van der Waals surface area contributed by atoms with Gasteiger partial charge in [-0.2, -0.15) is 0 Å². The molecule has 0 heteroatoms. The molecule has 0 saturated carbocycles. The fraction of sp³-hybridized carbons (Fsp3) is 0.800. The minimum atomic E-state index is 0.675. The van der Waals surface area contributed by atoms with E-state index in [4.69, 9.17) is 0 Å². The van der Waals surface area contributed by atoms with Crippen LogP contribution in [0, 0.1) is 5.41 Å². The van der Waals surface area contributed by atoms with Crippen LogP contribution < -0.4 is 0 Å². The first-order chi connectivity index (χ1) is 4.83. The van der Waals surface area contributed by atoms with Gasteiger partial charge in [-0.25, -0.2) is 0 Å². The maximum atomic E-state index is 2.36. The number of hydrogen-bond acceptors (Lipinski definition) is 0.